The molecule has 0 saturated carbocycles. The maximum absolute atomic E-state index is 9.36. The van der Waals surface area contributed by atoms with Crippen molar-refractivity contribution in [2.45, 2.75) is 4.90 Å². The third-order valence-corrected chi connectivity index (χ3v) is 3.15. The molecular weight excluding hydrogens is 190 g/mol. The topological polar surface area (TPSA) is 46.2 Å². The lowest BCUT2D eigenvalue weighted by Gasteiger charge is -2.01. The Kier molecular flexibility index (Phi) is 1.66. The summed E-state index contributed by atoms with van der Waals surface area (Å²) in [6.45, 7) is 0. The monoisotopic (exact) mass is 197 g/mol. The number of hydrogen-bond acceptors (Lipinski definition) is 4. The van der Waals surface area contributed by atoms with E-state index in [1.807, 2.05) is 11.4 Å². The molecule has 2 rings (SSSR count). The summed E-state index contributed by atoms with van der Waals surface area (Å²) in [5.41, 5.74) is 6.29. The summed E-state index contributed by atoms with van der Waals surface area (Å²) in [6.07, 6.45) is 0. The lowest BCUT2D eigenvalue weighted by Crippen LogP contribution is -1.84. The number of hydrogen-bond donors (Lipinski definition) is 3. The van der Waals surface area contributed by atoms with Crippen LogP contribution in [0.15, 0.2) is 22.4 Å². The van der Waals surface area contributed by atoms with Gasteiger partial charge < -0.3 is 10.8 Å². The van der Waals surface area contributed by atoms with Crippen LogP contribution < -0.4 is 5.73 Å². The van der Waals surface area contributed by atoms with Crippen molar-refractivity contribution in [3.05, 3.63) is 17.5 Å². The van der Waals surface area contributed by atoms with E-state index in [1.165, 1.54) is 6.07 Å². The van der Waals surface area contributed by atoms with Gasteiger partial charge in [-0.3, -0.25) is 0 Å². The highest BCUT2D eigenvalue weighted by molar-refractivity contribution is 7.80. The zero-order valence-electron chi connectivity index (χ0n) is 6.11. The molecule has 3 N–H and O–H groups in total. The van der Waals surface area contributed by atoms with Crippen LogP contribution in [0, 0.1) is 0 Å². The molecule has 62 valence electrons. The third-order valence-electron chi connectivity index (χ3n) is 1.72. The van der Waals surface area contributed by atoms with Gasteiger partial charge in [-0.15, -0.1) is 24.0 Å². The summed E-state index contributed by atoms with van der Waals surface area (Å²) < 4.78 is 0.984. The van der Waals surface area contributed by atoms with E-state index < -0.39 is 0 Å². The maximum Gasteiger partial charge on any atom is 0.131 e. The molecule has 0 atom stereocenters. The number of phenolic OH excluding ortho intramolecular Hbond substituents is 1. The minimum absolute atomic E-state index is 0.140. The Labute approximate surface area is 79.0 Å². The highest BCUT2D eigenvalue weighted by Crippen LogP contribution is 2.37. The van der Waals surface area contributed by atoms with Crippen molar-refractivity contribution in [2.24, 2.45) is 0 Å². The van der Waals surface area contributed by atoms with Crippen LogP contribution in [0.5, 0.6) is 5.75 Å². The van der Waals surface area contributed by atoms with Gasteiger partial charge in [0, 0.05) is 11.5 Å². The van der Waals surface area contributed by atoms with E-state index in [0.29, 0.717) is 10.6 Å². The minimum Gasteiger partial charge on any atom is -0.507 e. The number of aromatic hydroxyl groups is 1. The summed E-state index contributed by atoms with van der Waals surface area (Å²) in [6, 6.07) is 3.43. The number of thiophene rings is 1. The van der Waals surface area contributed by atoms with Gasteiger partial charge in [0.2, 0.25) is 0 Å². The second-order valence-electron chi connectivity index (χ2n) is 2.50. The van der Waals surface area contributed by atoms with Crippen LogP contribution in [-0.4, -0.2) is 5.11 Å². The Hall–Kier alpha value is -0.870. The van der Waals surface area contributed by atoms with Gasteiger partial charge in [-0.05, 0) is 11.4 Å². The van der Waals surface area contributed by atoms with Gasteiger partial charge >= 0.3 is 0 Å². The van der Waals surface area contributed by atoms with Crippen molar-refractivity contribution in [3.8, 4) is 5.75 Å². The first-order valence-corrected chi connectivity index (χ1v) is 4.70. The summed E-state index contributed by atoms with van der Waals surface area (Å²) in [4.78, 5) is 0.598. The van der Waals surface area contributed by atoms with E-state index in [9.17, 15) is 5.11 Å². The molecule has 0 aliphatic carbocycles. The fourth-order valence-corrected chi connectivity index (χ4v) is 2.30. The molecule has 0 bridgehead atoms. The number of fused-ring (bicyclic) bond motifs is 1. The quantitative estimate of drug-likeness (QED) is 0.449. The Balaban J connectivity index is 2.97. The van der Waals surface area contributed by atoms with Crippen molar-refractivity contribution < 1.29 is 5.11 Å². The predicted molar refractivity (Wildman–Crippen MR) is 55.2 cm³/mol. The number of anilines is 1. The van der Waals surface area contributed by atoms with Crippen LogP contribution in [0.25, 0.3) is 10.1 Å². The van der Waals surface area contributed by atoms with E-state index in [4.69, 9.17) is 5.73 Å². The largest absolute Gasteiger partial charge is 0.507 e. The second kappa shape index (κ2) is 2.57. The summed E-state index contributed by atoms with van der Waals surface area (Å²) in [5, 5.41) is 12.2. The van der Waals surface area contributed by atoms with Gasteiger partial charge in [0.1, 0.15) is 5.75 Å². The van der Waals surface area contributed by atoms with Gasteiger partial charge in [-0.1, -0.05) is 0 Å². The lowest BCUT2D eigenvalue weighted by atomic mass is 10.2. The molecule has 2 aromatic rings. The van der Waals surface area contributed by atoms with Gasteiger partial charge in [0.15, 0.2) is 0 Å². The fourth-order valence-electron chi connectivity index (χ4n) is 1.14. The molecule has 1 aromatic carbocycles. The van der Waals surface area contributed by atoms with Gasteiger partial charge in [-0.25, -0.2) is 0 Å². The van der Waals surface area contributed by atoms with Crippen LogP contribution in [0.3, 0.4) is 0 Å². The summed E-state index contributed by atoms with van der Waals surface area (Å²) in [7, 11) is 0. The number of phenols is 1. The molecule has 0 aliphatic heterocycles. The SMILES string of the molecule is Nc1cc(O)c(S)c2ccsc12. The first kappa shape index (κ1) is 7.76. The zero-order chi connectivity index (χ0) is 8.72. The normalized spacial score (nSPS) is 10.8. The van der Waals surface area contributed by atoms with Crippen LogP contribution >= 0.6 is 24.0 Å². The van der Waals surface area contributed by atoms with Crippen molar-refractivity contribution >= 4 is 39.7 Å². The second-order valence-corrected chi connectivity index (χ2v) is 3.86. The lowest BCUT2D eigenvalue weighted by molar-refractivity contribution is 0.465. The Bertz CT molecular complexity index is 436. The molecule has 0 unspecified atom stereocenters. The average Bonchev–Trinajstić information content (AvgIpc) is 2.48. The molecule has 0 saturated heterocycles. The highest BCUT2D eigenvalue weighted by Gasteiger charge is 2.07. The molecule has 0 spiro atoms. The molecule has 12 heavy (non-hydrogen) atoms. The minimum atomic E-state index is 0.140. The highest BCUT2D eigenvalue weighted by atomic mass is 32.1. The number of nitrogen functional groups attached to an aromatic ring is 1. The zero-order valence-corrected chi connectivity index (χ0v) is 7.82. The maximum atomic E-state index is 9.36. The number of nitrogens with two attached hydrogens (primary N) is 1. The molecule has 0 aliphatic rings. The van der Waals surface area contributed by atoms with Gasteiger partial charge in [0.25, 0.3) is 0 Å². The average molecular weight is 197 g/mol. The Morgan fingerprint density at radius 2 is 2.25 bits per heavy atom. The molecule has 0 radical (unpaired) electrons. The van der Waals surface area contributed by atoms with Crippen molar-refractivity contribution in [2.75, 3.05) is 5.73 Å². The molecule has 1 aromatic heterocycles. The standard InChI is InChI=1S/C8H7NOS2/c9-5-3-6(10)7(11)4-1-2-12-8(4)5/h1-3,10-11H,9H2. The first-order valence-electron chi connectivity index (χ1n) is 3.38. The molecular formula is C8H7NOS2. The number of rotatable bonds is 0. The Morgan fingerprint density at radius 3 is 3.00 bits per heavy atom. The summed E-state index contributed by atoms with van der Waals surface area (Å²) >= 11 is 5.73. The number of thiol groups is 1. The molecule has 0 fully saturated rings. The van der Waals surface area contributed by atoms with E-state index in [2.05, 4.69) is 12.6 Å². The smallest absolute Gasteiger partial charge is 0.131 e. The predicted octanol–water partition coefficient (Wildman–Crippen LogP) is 2.48. The van der Waals surface area contributed by atoms with Crippen LogP contribution in [0.2, 0.25) is 0 Å². The third kappa shape index (κ3) is 0.956. The first-order chi connectivity index (χ1) is 5.70. The van der Waals surface area contributed by atoms with E-state index >= 15 is 0 Å². The Morgan fingerprint density at radius 1 is 1.50 bits per heavy atom. The summed E-state index contributed by atoms with van der Waals surface area (Å²) in [5.74, 6) is 0.140. The van der Waals surface area contributed by atoms with Crippen molar-refractivity contribution in [3.63, 3.8) is 0 Å². The molecule has 1 heterocycles. The van der Waals surface area contributed by atoms with Gasteiger partial charge in [0.05, 0.1) is 15.3 Å². The van der Waals surface area contributed by atoms with E-state index in [1.54, 1.807) is 11.3 Å². The van der Waals surface area contributed by atoms with E-state index in [0.717, 1.165) is 10.1 Å². The van der Waals surface area contributed by atoms with Gasteiger partial charge in [-0.2, -0.15) is 0 Å². The van der Waals surface area contributed by atoms with Crippen molar-refractivity contribution in [1.82, 2.24) is 0 Å². The van der Waals surface area contributed by atoms with E-state index in [-0.39, 0.29) is 5.75 Å². The van der Waals surface area contributed by atoms with Crippen molar-refractivity contribution in [1.29, 1.82) is 0 Å². The van der Waals surface area contributed by atoms with Crippen LogP contribution in [0.4, 0.5) is 5.69 Å². The molecule has 0 amide bonds. The molecule has 4 heteroatoms. The fraction of sp³-hybridized carbons (Fsp3) is 0. The van der Waals surface area contributed by atoms with Crippen LogP contribution in [-0.2, 0) is 0 Å². The molecule has 2 nitrogen and oxygen atoms in total. The number of benzene rings is 1. The van der Waals surface area contributed by atoms with Crippen LogP contribution in [0.1, 0.15) is 0 Å².